The molecule has 1 aromatic carbocycles. The van der Waals surface area contributed by atoms with Crippen molar-refractivity contribution >= 4 is 21.4 Å². The molecule has 1 N–H and O–H groups in total. The van der Waals surface area contributed by atoms with Crippen molar-refractivity contribution in [3.8, 4) is 0 Å². The summed E-state index contributed by atoms with van der Waals surface area (Å²) >= 11 is 1.84. The second-order valence-corrected chi connectivity index (χ2v) is 5.24. The van der Waals surface area contributed by atoms with Gasteiger partial charge in [0.05, 0.1) is 0 Å². The zero-order valence-electron chi connectivity index (χ0n) is 9.99. The molecule has 0 aliphatic carbocycles. The Kier molecular flexibility index (Phi) is 3.97. The first-order valence-electron chi connectivity index (χ1n) is 5.99. The second kappa shape index (κ2) is 5.46. The van der Waals surface area contributed by atoms with Gasteiger partial charge in [-0.3, -0.25) is 0 Å². The van der Waals surface area contributed by atoms with E-state index >= 15 is 0 Å². The van der Waals surface area contributed by atoms with Crippen molar-refractivity contribution in [1.82, 2.24) is 5.32 Å². The summed E-state index contributed by atoms with van der Waals surface area (Å²) in [5.41, 5.74) is 1.43. The third kappa shape index (κ3) is 2.63. The summed E-state index contributed by atoms with van der Waals surface area (Å²) in [7, 11) is 0. The van der Waals surface area contributed by atoms with Crippen molar-refractivity contribution < 1.29 is 0 Å². The Morgan fingerprint density at radius 3 is 2.94 bits per heavy atom. The van der Waals surface area contributed by atoms with Crippen molar-refractivity contribution in [2.24, 2.45) is 0 Å². The summed E-state index contributed by atoms with van der Waals surface area (Å²) < 4.78 is 1.39. The summed E-state index contributed by atoms with van der Waals surface area (Å²) in [6.45, 7) is 5.49. The van der Waals surface area contributed by atoms with Gasteiger partial charge in [-0.1, -0.05) is 31.5 Å². The van der Waals surface area contributed by atoms with Crippen molar-refractivity contribution in [2.75, 3.05) is 0 Å². The lowest BCUT2D eigenvalue weighted by atomic mass is 10.1. The predicted molar refractivity (Wildman–Crippen MR) is 73.0 cm³/mol. The molecule has 2 aromatic rings. The van der Waals surface area contributed by atoms with Gasteiger partial charge in [0.25, 0.3) is 0 Å². The zero-order chi connectivity index (χ0) is 11.4. The largest absolute Gasteiger partial charge is 0.310 e. The molecule has 0 saturated heterocycles. The fourth-order valence-corrected chi connectivity index (χ4v) is 2.95. The molecule has 0 saturated carbocycles. The summed E-state index contributed by atoms with van der Waals surface area (Å²) in [5, 5.41) is 7.27. The Balaban J connectivity index is 2.04. The molecule has 1 nitrogen and oxygen atoms in total. The monoisotopic (exact) mass is 233 g/mol. The smallest absolute Gasteiger partial charge is 0.0346 e. The summed E-state index contributed by atoms with van der Waals surface area (Å²) in [6, 6.07) is 9.25. The molecular formula is C14H19NS. The van der Waals surface area contributed by atoms with E-state index in [9.17, 15) is 0 Å². The van der Waals surface area contributed by atoms with Crippen molar-refractivity contribution in [3.05, 3.63) is 35.2 Å². The molecule has 0 fully saturated rings. The quantitative estimate of drug-likeness (QED) is 0.817. The fourth-order valence-electron chi connectivity index (χ4n) is 1.99. The summed E-state index contributed by atoms with van der Waals surface area (Å²) in [6.07, 6.45) is 2.50. The van der Waals surface area contributed by atoms with Gasteiger partial charge in [0.15, 0.2) is 0 Å². The first-order valence-corrected chi connectivity index (χ1v) is 6.87. The van der Waals surface area contributed by atoms with Gasteiger partial charge in [0.1, 0.15) is 0 Å². The van der Waals surface area contributed by atoms with E-state index in [2.05, 4.69) is 48.8 Å². The number of benzene rings is 1. The molecule has 1 heterocycles. The van der Waals surface area contributed by atoms with E-state index < -0.39 is 0 Å². The van der Waals surface area contributed by atoms with E-state index in [4.69, 9.17) is 0 Å². The van der Waals surface area contributed by atoms with Gasteiger partial charge >= 0.3 is 0 Å². The highest BCUT2D eigenvalue weighted by molar-refractivity contribution is 7.17. The highest BCUT2D eigenvalue weighted by atomic mass is 32.1. The van der Waals surface area contributed by atoms with Crippen LogP contribution in [0, 0.1) is 0 Å². The number of nitrogens with one attached hydrogen (secondary N) is 1. The zero-order valence-corrected chi connectivity index (χ0v) is 10.8. The van der Waals surface area contributed by atoms with Gasteiger partial charge < -0.3 is 5.32 Å². The third-order valence-corrected chi connectivity index (χ3v) is 3.94. The van der Waals surface area contributed by atoms with Crippen LogP contribution in [0.1, 0.15) is 32.3 Å². The average Bonchev–Trinajstić information content (AvgIpc) is 2.70. The van der Waals surface area contributed by atoms with Crippen LogP contribution in [-0.2, 0) is 6.54 Å². The van der Waals surface area contributed by atoms with Gasteiger partial charge in [-0.15, -0.1) is 11.3 Å². The lowest BCUT2D eigenvalue weighted by Gasteiger charge is -2.11. The molecule has 1 atom stereocenters. The number of hydrogen-bond donors (Lipinski definition) is 1. The predicted octanol–water partition coefficient (Wildman–Crippen LogP) is 4.18. The van der Waals surface area contributed by atoms with Crippen LogP contribution in [0.4, 0.5) is 0 Å². The number of hydrogen-bond acceptors (Lipinski definition) is 2. The number of thiophene rings is 1. The SMILES string of the molecule is CCCC(C)NCc1csc2ccccc12. The van der Waals surface area contributed by atoms with Crippen LogP contribution < -0.4 is 5.32 Å². The van der Waals surface area contributed by atoms with Crippen molar-refractivity contribution in [3.63, 3.8) is 0 Å². The normalized spacial score (nSPS) is 13.1. The van der Waals surface area contributed by atoms with Gasteiger partial charge in [0, 0.05) is 17.3 Å². The lowest BCUT2D eigenvalue weighted by Crippen LogP contribution is -2.24. The first-order chi connectivity index (χ1) is 7.81. The standard InChI is InChI=1S/C14H19NS/c1-3-6-11(2)15-9-12-10-16-14-8-5-4-7-13(12)14/h4-5,7-8,10-11,15H,3,6,9H2,1-2H3. The van der Waals surface area contributed by atoms with Crippen LogP contribution >= 0.6 is 11.3 Å². The van der Waals surface area contributed by atoms with Crippen LogP contribution in [-0.4, -0.2) is 6.04 Å². The Labute approximate surface area is 101 Å². The molecule has 1 aromatic heterocycles. The summed E-state index contributed by atoms with van der Waals surface area (Å²) in [5.74, 6) is 0. The van der Waals surface area contributed by atoms with Crippen LogP contribution in [0.5, 0.6) is 0 Å². The van der Waals surface area contributed by atoms with Gasteiger partial charge in [-0.25, -0.2) is 0 Å². The topological polar surface area (TPSA) is 12.0 Å². The highest BCUT2D eigenvalue weighted by Gasteiger charge is 2.04. The van der Waals surface area contributed by atoms with Crippen molar-refractivity contribution in [1.29, 1.82) is 0 Å². The molecule has 16 heavy (non-hydrogen) atoms. The van der Waals surface area contributed by atoms with Crippen LogP contribution in [0.25, 0.3) is 10.1 Å². The Morgan fingerprint density at radius 2 is 2.12 bits per heavy atom. The van der Waals surface area contributed by atoms with Gasteiger partial charge in [0.2, 0.25) is 0 Å². The van der Waals surface area contributed by atoms with Crippen LogP contribution in [0.15, 0.2) is 29.6 Å². The van der Waals surface area contributed by atoms with E-state index in [-0.39, 0.29) is 0 Å². The maximum absolute atomic E-state index is 3.58. The minimum Gasteiger partial charge on any atom is -0.310 e. The van der Waals surface area contributed by atoms with E-state index in [1.54, 1.807) is 0 Å². The van der Waals surface area contributed by atoms with E-state index in [0.29, 0.717) is 6.04 Å². The molecular weight excluding hydrogens is 214 g/mol. The summed E-state index contributed by atoms with van der Waals surface area (Å²) in [4.78, 5) is 0. The molecule has 0 spiro atoms. The van der Waals surface area contributed by atoms with E-state index in [0.717, 1.165) is 6.54 Å². The Hall–Kier alpha value is -0.860. The van der Waals surface area contributed by atoms with E-state index in [1.165, 1.54) is 28.5 Å². The fraction of sp³-hybridized carbons (Fsp3) is 0.429. The maximum atomic E-state index is 3.58. The minimum absolute atomic E-state index is 0.615. The average molecular weight is 233 g/mol. The molecule has 0 aliphatic heterocycles. The Morgan fingerprint density at radius 1 is 1.31 bits per heavy atom. The molecule has 2 heteroatoms. The molecule has 0 aliphatic rings. The number of rotatable bonds is 5. The highest BCUT2D eigenvalue weighted by Crippen LogP contribution is 2.25. The third-order valence-electron chi connectivity index (χ3n) is 2.92. The molecule has 0 bridgehead atoms. The maximum Gasteiger partial charge on any atom is 0.0346 e. The second-order valence-electron chi connectivity index (χ2n) is 4.33. The van der Waals surface area contributed by atoms with Crippen LogP contribution in [0.3, 0.4) is 0 Å². The van der Waals surface area contributed by atoms with Gasteiger partial charge in [-0.05, 0) is 35.7 Å². The van der Waals surface area contributed by atoms with Gasteiger partial charge in [-0.2, -0.15) is 0 Å². The lowest BCUT2D eigenvalue weighted by molar-refractivity contribution is 0.510. The Bertz CT molecular complexity index is 447. The molecule has 0 radical (unpaired) electrons. The first kappa shape index (κ1) is 11.6. The number of fused-ring (bicyclic) bond motifs is 1. The van der Waals surface area contributed by atoms with Crippen molar-refractivity contribution in [2.45, 2.75) is 39.3 Å². The molecule has 0 amide bonds. The molecule has 2 rings (SSSR count). The molecule has 86 valence electrons. The minimum atomic E-state index is 0.615. The van der Waals surface area contributed by atoms with Crippen LogP contribution in [0.2, 0.25) is 0 Å². The molecule has 1 unspecified atom stereocenters. The van der Waals surface area contributed by atoms with E-state index in [1.807, 2.05) is 11.3 Å².